The molecule has 1 aliphatic rings. The molecule has 0 saturated carbocycles. The SMILES string of the molecule is CCOC(C)CN1C(=O)CNC1c1ccc(Cl)cc1. The maximum atomic E-state index is 11.9. The van der Waals surface area contributed by atoms with Crippen LogP contribution in [0.5, 0.6) is 0 Å². The van der Waals surface area contributed by atoms with E-state index in [1.54, 1.807) is 0 Å². The van der Waals surface area contributed by atoms with Gasteiger partial charge in [-0.3, -0.25) is 10.1 Å². The molecule has 2 rings (SSSR count). The maximum Gasteiger partial charge on any atom is 0.238 e. The highest BCUT2D eigenvalue weighted by atomic mass is 35.5. The lowest BCUT2D eigenvalue weighted by molar-refractivity contribution is -0.129. The number of hydrogen-bond acceptors (Lipinski definition) is 3. The first-order valence-electron chi connectivity index (χ1n) is 6.51. The van der Waals surface area contributed by atoms with Crippen LogP contribution < -0.4 is 5.32 Å². The molecule has 0 bridgehead atoms. The standard InChI is InChI=1S/C14H19ClN2O2/c1-3-19-10(2)9-17-13(18)8-16-14(17)11-4-6-12(15)7-5-11/h4-7,10,14,16H,3,8-9H2,1-2H3. The van der Waals surface area contributed by atoms with Crippen molar-refractivity contribution in [1.82, 2.24) is 10.2 Å². The Morgan fingerprint density at radius 3 is 2.79 bits per heavy atom. The van der Waals surface area contributed by atoms with E-state index >= 15 is 0 Å². The van der Waals surface area contributed by atoms with Gasteiger partial charge in [-0.15, -0.1) is 0 Å². The van der Waals surface area contributed by atoms with E-state index < -0.39 is 0 Å². The Morgan fingerprint density at radius 2 is 2.16 bits per heavy atom. The highest BCUT2D eigenvalue weighted by Crippen LogP contribution is 2.24. The summed E-state index contributed by atoms with van der Waals surface area (Å²) in [7, 11) is 0. The minimum absolute atomic E-state index is 0.0312. The zero-order chi connectivity index (χ0) is 13.8. The quantitative estimate of drug-likeness (QED) is 0.900. The molecule has 1 saturated heterocycles. The third kappa shape index (κ3) is 3.47. The van der Waals surface area contributed by atoms with E-state index in [0.717, 1.165) is 5.56 Å². The number of ether oxygens (including phenoxy) is 1. The fourth-order valence-corrected chi connectivity index (χ4v) is 2.43. The van der Waals surface area contributed by atoms with Crippen molar-refractivity contribution in [1.29, 1.82) is 0 Å². The number of rotatable bonds is 5. The molecule has 0 radical (unpaired) electrons. The van der Waals surface area contributed by atoms with Gasteiger partial charge in [-0.2, -0.15) is 0 Å². The average Bonchev–Trinajstić information content (AvgIpc) is 2.73. The van der Waals surface area contributed by atoms with E-state index in [4.69, 9.17) is 16.3 Å². The van der Waals surface area contributed by atoms with Gasteiger partial charge in [-0.05, 0) is 31.5 Å². The van der Waals surface area contributed by atoms with Crippen LogP contribution in [-0.2, 0) is 9.53 Å². The van der Waals surface area contributed by atoms with Crippen LogP contribution in [-0.4, -0.2) is 36.6 Å². The van der Waals surface area contributed by atoms with Crippen LogP contribution >= 0.6 is 11.6 Å². The van der Waals surface area contributed by atoms with Gasteiger partial charge in [0, 0.05) is 18.2 Å². The van der Waals surface area contributed by atoms with Crippen molar-refractivity contribution in [3.63, 3.8) is 0 Å². The predicted octanol–water partition coefficient (Wildman–Crippen LogP) is 2.20. The molecule has 1 aromatic rings. The second kappa shape index (κ2) is 6.37. The monoisotopic (exact) mass is 282 g/mol. The fourth-order valence-electron chi connectivity index (χ4n) is 2.30. The number of carbonyl (C=O) groups is 1. The van der Waals surface area contributed by atoms with Gasteiger partial charge in [-0.1, -0.05) is 23.7 Å². The number of hydrogen-bond donors (Lipinski definition) is 1. The van der Waals surface area contributed by atoms with E-state index in [-0.39, 0.29) is 18.2 Å². The van der Waals surface area contributed by atoms with Gasteiger partial charge in [-0.25, -0.2) is 0 Å². The molecule has 1 fully saturated rings. The fraction of sp³-hybridized carbons (Fsp3) is 0.500. The topological polar surface area (TPSA) is 41.6 Å². The summed E-state index contributed by atoms with van der Waals surface area (Å²) in [5.74, 6) is 0.103. The van der Waals surface area contributed by atoms with Gasteiger partial charge in [0.05, 0.1) is 12.6 Å². The van der Waals surface area contributed by atoms with Crippen molar-refractivity contribution in [2.24, 2.45) is 0 Å². The Hall–Kier alpha value is -1.10. The van der Waals surface area contributed by atoms with E-state index in [2.05, 4.69) is 5.32 Å². The third-order valence-electron chi connectivity index (χ3n) is 3.17. The lowest BCUT2D eigenvalue weighted by atomic mass is 10.1. The molecule has 5 heteroatoms. The largest absolute Gasteiger partial charge is 0.377 e. The molecule has 1 amide bonds. The number of nitrogens with one attached hydrogen (secondary N) is 1. The Kier molecular flexibility index (Phi) is 4.80. The van der Waals surface area contributed by atoms with Crippen LogP contribution in [0.25, 0.3) is 0 Å². The van der Waals surface area contributed by atoms with Crippen molar-refractivity contribution in [2.45, 2.75) is 26.1 Å². The summed E-state index contributed by atoms with van der Waals surface area (Å²) in [5, 5.41) is 3.91. The Labute approximate surface area is 118 Å². The van der Waals surface area contributed by atoms with Crippen LogP contribution in [0.2, 0.25) is 5.02 Å². The lowest BCUT2D eigenvalue weighted by Crippen LogP contribution is -2.36. The number of carbonyl (C=O) groups excluding carboxylic acids is 1. The number of amides is 1. The highest BCUT2D eigenvalue weighted by Gasteiger charge is 2.32. The van der Waals surface area contributed by atoms with Crippen LogP contribution in [0.4, 0.5) is 0 Å². The Balaban J connectivity index is 2.10. The summed E-state index contributed by atoms with van der Waals surface area (Å²) in [6, 6.07) is 7.56. The van der Waals surface area contributed by atoms with Gasteiger partial charge in [0.25, 0.3) is 0 Å². The minimum atomic E-state index is -0.0901. The van der Waals surface area contributed by atoms with Crippen LogP contribution in [0, 0.1) is 0 Å². The molecule has 0 aromatic heterocycles. The normalized spacial score (nSPS) is 20.9. The summed E-state index contributed by atoms with van der Waals surface area (Å²) in [5.41, 5.74) is 1.04. The molecular weight excluding hydrogens is 264 g/mol. The molecule has 1 N–H and O–H groups in total. The highest BCUT2D eigenvalue weighted by molar-refractivity contribution is 6.30. The van der Waals surface area contributed by atoms with Crippen molar-refractivity contribution in [2.75, 3.05) is 19.7 Å². The Bertz CT molecular complexity index is 436. The lowest BCUT2D eigenvalue weighted by Gasteiger charge is -2.27. The molecule has 104 valence electrons. The van der Waals surface area contributed by atoms with Crippen molar-refractivity contribution in [3.05, 3.63) is 34.9 Å². The van der Waals surface area contributed by atoms with Gasteiger partial charge in [0.15, 0.2) is 0 Å². The number of benzene rings is 1. The molecule has 4 nitrogen and oxygen atoms in total. The molecule has 2 atom stereocenters. The van der Waals surface area contributed by atoms with Gasteiger partial charge < -0.3 is 9.64 Å². The van der Waals surface area contributed by atoms with E-state index in [1.807, 2.05) is 43.0 Å². The molecule has 1 aromatic carbocycles. The molecule has 0 spiro atoms. The van der Waals surface area contributed by atoms with Gasteiger partial charge >= 0.3 is 0 Å². The maximum absolute atomic E-state index is 11.9. The predicted molar refractivity (Wildman–Crippen MR) is 75.0 cm³/mol. The molecular formula is C14H19ClN2O2. The van der Waals surface area contributed by atoms with E-state index in [9.17, 15) is 4.79 Å². The molecule has 19 heavy (non-hydrogen) atoms. The number of halogens is 1. The smallest absolute Gasteiger partial charge is 0.238 e. The molecule has 1 heterocycles. The van der Waals surface area contributed by atoms with Crippen molar-refractivity contribution < 1.29 is 9.53 Å². The first-order valence-corrected chi connectivity index (χ1v) is 6.89. The van der Waals surface area contributed by atoms with Crippen molar-refractivity contribution >= 4 is 17.5 Å². The minimum Gasteiger partial charge on any atom is -0.377 e. The molecule has 0 aliphatic carbocycles. The summed E-state index contributed by atoms with van der Waals surface area (Å²) in [4.78, 5) is 13.8. The zero-order valence-electron chi connectivity index (χ0n) is 11.2. The summed E-state index contributed by atoms with van der Waals surface area (Å²) in [6.45, 7) is 5.55. The number of nitrogens with zero attached hydrogens (tertiary/aromatic N) is 1. The first kappa shape index (κ1) is 14.3. The first-order chi connectivity index (χ1) is 9.11. The summed E-state index contributed by atoms with van der Waals surface area (Å²) < 4.78 is 5.51. The second-order valence-corrected chi connectivity index (χ2v) is 5.08. The van der Waals surface area contributed by atoms with Gasteiger partial charge in [0.1, 0.15) is 6.17 Å². The zero-order valence-corrected chi connectivity index (χ0v) is 12.0. The molecule has 2 unspecified atom stereocenters. The van der Waals surface area contributed by atoms with Crippen LogP contribution in [0.15, 0.2) is 24.3 Å². The van der Waals surface area contributed by atoms with Crippen LogP contribution in [0.1, 0.15) is 25.6 Å². The second-order valence-electron chi connectivity index (χ2n) is 4.65. The summed E-state index contributed by atoms with van der Waals surface area (Å²) >= 11 is 5.89. The summed E-state index contributed by atoms with van der Waals surface area (Å²) in [6.07, 6.45) is -0.0590. The van der Waals surface area contributed by atoms with E-state index in [1.165, 1.54) is 0 Å². The van der Waals surface area contributed by atoms with Crippen molar-refractivity contribution in [3.8, 4) is 0 Å². The van der Waals surface area contributed by atoms with E-state index in [0.29, 0.717) is 24.7 Å². The molecule has 1 aliphatic heterocycles. The average molecular weight is 283 g/mol. The van der Waals surface area contributed by atoms with Crippen LogP contribution in [0.3, 0.4) is 0 Å². The Morgan fingerprint density at radius 1 is 1.47 bits per heavy atom. The third-order valence-corrected chi connectivity index (χ3v) is 3.42. The van der Waals surface area contributed by atoms with Gasteiger partial charge in [0.2, 0.25) is 5.91 Å².